The van der Waals surface area contributed by atoms with Crippen molar-refractivity contribution in [2.45, 2.75) is 58.1 Å². The monoisotopic (exact) mass is 284 g/mol. The first-order chi connectivity index (χ1) is 9.74. The number of fused-ring (bicyclic) bond motifs is 3. The maximum Gasteiger partial charge on any atom is 0.166 e. The third-order valence-corrected chi connectivity index (χ3v) is 4.18. The van der Waals surface area contributed by atoms with E-state index in [1.807, 2.05) is 20.1 Å². The first kappa shape index (κ1) is 13.9. The van der Waals surface area contributed by atoms with Crippen molar-refractivity contribution in [3.63, 3.8) is 0 Å². The molecule has 0 saturated heterocycles. The summed E-state index contributed by atoms with van der Waals surface area (Å²) in [7, 11) is 0. The van der Waals surface area contributed by atoms with Crippen LogP contribution in [0.25, 0.3) is 0 Å². The summed E-state index contributed by atoms with van der Waals surface area (Å²) in [5, 5.41) is 19.7. The maximum absolute atomic E-state index is 10.6. The van der Waals surface area contributed by atoms with Crippen molar-refractivity contribution in [1.82, 2.24) is 0 Å². The zero-order chi connectivity index (χ0) is 15.4. The molecule has 3 rings (SSSR count). The van der Waals surface area contributed by atoms with Gasteiger partial charge in [-0.2, -0.15) is 5.26 Å². The summed E-state index contributed by atoms with van der Waals surface area (Å²) in [4.78, 5) is 4.61. The molecule has 4 heteroatoms. The minimum atomic E-state index is -0.334. The molecule has 110 valence electrons. The molecule has 0 fully saturated rings. The van der Waals surface area contributed by atoms with E-state index in [4.69, 9.17) is 10.00 Å². The normalized spacial score (nSPS) is 20.3. The Balaban J connectivity index is 2.27. The smallest absolute Gasteiger partial charge is 0.166 e. The van der Waals surface area contributed by atoms with E-state index in [0.29, 0.717) is 11.3 Å². The van der Waals surface area contributed by atoms with Crippen LogP contribution in [0.2, 0.25) is 0 Å². The number of phenols is 1. The second kappa shape index (κ2) is 4.24. The number of rotatable bonds is 1. The number of aromatic hydroxyl groups is 1. The molecule has 0 unspecified atom stereocenters. The lowest BCUT2D eigenvalue weighted by molar-refractivity contribution is 0.134. The predicted molar refractivity (Wildman–Crippen MR) is 81.2 cm³/mol. The molecule has 2 heterocycles. The lowest BCUT2D eigenvalue weighted by atomic mass is 9.82. The number of benzene rings is 1. The minimum absolute atomic E-state index is 0.141. The van der Waals surface area contributed by atoms with E-state index in [2.05, 4.69) is 24.9 Å². The predicted octanol–water partition coefficient (Wildman–Crippen LogP) is 2.93. The van der Waals surface area contributed by atoms with E-state index in [9.17, 15) is 5.11 Å². The number of phenolic OH excluding ortho intramolecular Hbond substituents is 1. The summed E-state index contributed by atoms with van der Waals surface area (Å²) in [6, 6.07) is 2.15. The van der Waals surface area contributed by atoms with Gasteiger partial charge in [-0.3, -0.25) is 4.99 Å². The number of nitriles is 1. The average Bonchev–Trinajstić information content (AvgIpc) is 2.69. The SMILES string of the molecule is CC1(C)Cc2c(c3c(c(O)c2CC#N)OC(C)(C)C3)C=N1. The summed E-state index contributed by atoms with van der Waals surface area (Å²) in [5.74, 6) is 0.678. The Morgan fingerprint density at radius 2 is 2.00 bits per heavy atom. The van der Waals surface area contributed by atoms with Crippen LogP contribution in [0.1, 0.15) is 49.9 Å². The fourth-order valence-corrected chi connectivity index (χ4v) is 3.26. The summed E-state index contributed by atoms with van der Waals surface area (Å²) in [5.41, 5.74) is 3.27. The summed E-state index contributed by atoms with van der Waals surface area (Å²) in [6.45, 7) is 8.14. The molecule has 0 aromatic heterocycles. The molecular formula is C17H20N2O2. The standard InChI is InChI=1S/C17H20N2O2/c1-16(2)7-11-10(5-6-18)14(20)15-12(13(11)9-19-16)8-17(3,4)21-15/h9,20H,5,7-8H2,1-4H3. The highest BCUT2D eigenvalue weighted by atomic mass is 16.5. The van der Waals surface area contributed by atoms with Crippen molar-refractivity contribution in [1.29, 1.82) is 5.26 Å². The van der Waals surface area contributed by atoms with Gasteiger partial charge in [0.1, 0.15) is 5.60 Å². The van der Waals surface area contributed by atoms with Gasteiger partial charge < -0.3 is 9.84 Å². The van der Waals surface area contributed by atoms with E-state index in [1.54, 1.807) is 0 Å². The van der Waals surface area contributed by atoms with Crippen LogP contribution in [0.15, 0.2) is 4.99 Å². The summed E-state index contributed by atoms with van der Waals surface area (Å²) < 4.78 is 5.91. The van der Waals surface area contributed by atoms with E-state index < -0.39 is 0 Å². The topological polar surface area (TPSA) is 65.6 Å². The Morgan fingerprint density at radius 3 is 2.67 bits per heavy atom. The molecule has 1 N–H and O–H groups in total. The molecule has 0 spiro atoms. The third kappa shape index (κ3) is 2.17. The van der Waals surface area contributed by atoms with Crippen LogP contribution < -0.4 is 4.74 Å². The number of nitrogens with zero attached hydrogens (tertiary/aromatic N) is 2. The number of ether oxygens (including phenoxy) is 1. The molecular weight excluding hydrogens is 264 g/mol. The van der Waals surface area contributed by atoms with Crippen LogP contribution >= 0.6 is 0 Å². The minimum Gasteiger partial charge on any atom is -0.504 e. The van der Waals surface area contributed by atoms with Gasteiger partial charge in [0.2, 0.25) is 0 Å². The van der Waals surface area contributed by atoms with E-state index >= 15 is 0 Å². The summed E-state index contributed by atoms with van der Waals surface area (Å²) in [6.07, 6.45) is 3.56. The third-order valence-electron chi connectivity index (χ3n) is 4.18. The Labute approximate surface area is 125 Å². The fraction of sp³-hybridized carbons (Fsp3) is 0.529. The van der Waals surface area contributed by atoms with Crippen LogP contribution in [0.3, 0.4) is 0 Å². The fourth-order valence-electron chi connectivity index (χ4n) is 3.26. The van der Waals surface area contributed by atoms with Gasteiger partial charge in [0, 0.05) is 29.3 Å². The van der Waals surface area contributed by atoms with Crippen LogP contribution in [0.4, 0.5) is 0 Å². The van der Waals surface area contributed by atoms with Gasteiger partial charge in [0.25, 0.3) is 0 Å². The second-order valence-corrected chi connectivity index (χ2v) is 7.15. The van der Waals surface area contributed by atoms with Crippen molar-refractivity contribution in [2.75, 3.05) is 0 Å². The van der Waals surface area contributed by atoms with Gasteiger partial charge in [-0.1, -0.05) is 0 Å². The molecule has 0 amide bonds. The molecule has 1 aromatic carbocycles. The Morgan fingerprint density at radius 1 is 1.29 bits per heavy atom. The molecule has 2 aliphatic rings. The van der Waals surface area contributed by atoms with Crippen LogP contribution in [-0.4, -0.2) is 22.5 Å². The molecule has 1 aromatic rings. The molecule has 0 saturated carbocycles. The van der Waals surface area contributed by atoms with Crippen LogP contribution in [-0.2, 0) is 19.3 Å². The van der Waals surface area contributed by atoms with Gasteiger partial charge in [0.05, 0.1) is 18.0 Å². The number of aliphatic imine (C=N–C) groups is 1. The van der Waals surface area contributed by atoms with Gasteiger partial charge in [-0.05, 0) is 39.7 Å². The van der Waals surface area contributed by atoms with Gasteiger partial charge in [0.15, 0.2) is 11.5 Å². The largest absolute Gasteiger partial charge is 0.504 e. The average molecular weight is 284 g/mol. The van der Waals surface area contributed by atoms with Crippen LogP contribution in [0.5, 0.6) is 11.5 Å². The van der Waals surface area contributed by atoms with E-state index in [0.717, 1.165) is 29.5 Å². The zero-order valence-electron chi connectivity index (χ0n) is 12.9. The second-order valence-electron chi connectivity index (χ2n) is 7.15. The Bertz CT molecular complexity index is 694. The van der Waals surface area contributed by atoms with Crippen LogP contribution in [0, 0.1) is 11.3 Å². The van der Waals surface area contributed by atoms with E-state index in [1.165, 1.54) is 0 Å². The zero-order valence-corrected chi connectivity index (χ0v) is 12.9. The van der Waals surface area contributed by atoms with Gasteiger partial charge in [-0.15, -0.1) is 0 Å². The molecule has 4 nitrogen and oxygen atoms in total. The lowest BCUT2D eigenvalue weighted by Gasteiger charge is -2.28. The van der Waals surface area contributed by atoms with Crippen molar-refractivity contribution in [3.8, 4) is 17.6 Å². The lowest BCUT2D eigenvalue weighted by Crippen LogP contribution is -2.27. The number of hydrogen-bond donors (Lipinski definition) is 1. The maximum atomic E-state index is 10.6. The Hall–Kier alpha value is -2.02. The molecule has 0 radical (unpaired) electrons. The highest BCUT2D eigenvalue weighted by Crippen LogP contribution is 2.48. The Kier molecular flexibility index (Phi) is 2.81. The molecule has 21 heavy (non-hydrogen) atoms. The molecule has 2 aliphatic heterocycles. The quantitative estimate of drug-likeness (QED) is 0.862. The molecule has 0 aliphatic carbocycles. The first-order valence-electron chi connectivity index (χ1n) is 7.25. The molecule has 0 bridgehead atoms. The highest BCUT2D eigenvalue weighted by molar-refractivity contribution is 5.89. The van der Waals surface area contributed by atoms with Crippen molar-refractivity contribution < 1.29 is 9.84 Å². The number of hydrogen-bond acceptors (Lipinski definition) is 4. The van der Waals surface area contributed by atoms with E-state index in [-0.39, 0.29) is 23.3 Å². The highest BCUT2D eigenvalue weighted by Gasteiger charge is 2.38. The summed E-state index contributed by atoms with van der Waals surface area (Å²) >= 11 is 0. The van der Waals surface area contributed by atoms with Crippen molar-refractivity contribution in [2.24, 2.45) is 4.99 Å². The molecule has 0 atom stereocenters. The van der Waals surface area contributed by atoms with Gasteiger partial charge in [-0.25, -0.2) is 0 Å². The van der Waals surface area contributed by atoms with Gasteiger partial charge >= 0.3 is 0 Å². The van der Waals surface area contributed by atoms with Crippen molar-refractivity contribution >= 4 is 6.21 Å². The van der Waals surface area contributed by atoms with Crippen molar-refractivity contribution in [3.05, 3.63) is 22.3 Å². The first-order valence-corrected chi connectivity index (χ1v) is 7.25.